The predicted octanol–water partition coefficient (Wildman–Crippen LogP) is 5.78. The van der Waals surface area contributed by atoms with E-state index in [0.717, 1.165) is 27.6 Å². The van der Waals surface area contributed by atoms with E-state index < -0.39 is 0 Å². The second kappa shape index (κ2) is 10.4. The maximum atomic E-state index is 14.8. The molecule has 0 fully saturated rings. The molecule has 4 aromatic carbocycles. The van der Waals surface area contributed by atoms with Crippen LogP contribution < -0.4 is 10.9 Å². The van der Waals surface area contributed by atoms with Crippen molar-refractivity contribution < 1.29 is 9.18 Å². The summed E-state index contributed by atoms with van der Waals surface area (Å²) in [7, 11) is 0. The summed E-state index contributed by atoms with van der Waals surface area (Å²) in [6.45, 7) is 0.117. The van der Waals surface area contributed by atoms with E-state index in [0.29, 0.717) is 29.4 Å². The molecule has 5 heteroatoms. The zero-order valence-corrected chi connectivity index (χ0v) is 19.6. The minimum absolute atomic E-state index is 0.0694. The average Bonchev–Trinajstić information content (AvgIpc) is 2.91. The molecule has 1 heterocycles. The number of hydrogen-bond acceptors (Lipinski definition) is 2. The summed E-state index contributed by atoms with van der Waals surface area (Å²) in [6, 6.07) is 30.1. The summed E-state index contributed by atoms with van der Waals surface area (Å²) in [5.41, 5.74) is 4.82. The molecule has 0 saturated heterocycles. The van der Waals surface area contributed by atoms with Crippen LogP contribution in [0, 0.1) is 5.82 Å². The highest BCUT2D eigenvalue weighted by atomic mass is 19.1. The van der Waals surface area contributed by atoms with Crippen molar-refractivity contribution in [2.75, 3.05) is 0 Å². The summed E-state index contributed by atoms with van der Waals surface area (Å²) in [6.07, 6.45) is 2.88. The van der Waals surface area contributed by atoms with Crippen LogP contribution in [0.1, 0.15) is 38.2 Å². The lowest BCUT2D eigenvalue weighted by molar-refractivity contribution is 0.0950. The molecule has 1 amide bonds. The third kappa shape index (κ3) is 5.26. The van der Waals surface area contributed by atoms with Gasteiger partial charge in [0.05, 0.1) is 0 Å². The van der Waals surface area contributed by atoms with Gasteiger partial charge in [-0.15, -0.1) is 0 Å². The van der Waals surface area contributed by atoms with E-state index in [-0.39, 0.29) is 23.8 Å². The first-order chi connectivity index (χ1) is 17.6. The lowest BCUT2D eigenvalue weighted by atomic mass is 9.99. The summed E-state index contributed by atoms with van der Waals surface area (Å²) in [5.74, 6) is -0.546. The van der Waals surface area contributed by atoms with E-state index >= 15 is 0 Å². The number of aromatic amines is 1. The Hall–Kier alpha value is -4.51. The smallest absolute Gasteiger partial charge is 0.251 e. The Morgan fingerprint density at radius 1 is 0.750 bits per heavy atom. The summed E-state index contributed by atoms with van der Waals surface area (Å²) < 4.78 is 14.8. The Balaban J connectivity index is 1.23. The first-order valence-corrected chi connectivity index (χ1v) is 11.8. The van der Waals surface area contributed by atoms with Crippen LogP contribution in [0.2, 0.25) is 0 Å². The van der Waals surface area contributed by atoms with E-state index in [1.165, 1.54) is 0 Å². The summed E-state index contributed by atoms with van der Waals surface area (Å²) >= 11 is 0. The Morgan fingerprint density at radius 3 is 2.33 bits per heavy atom. The molecule has 2 N–H and O–H groups in total. The Labute approximate surface area is 208 Å². The van der Waals surface area contributed by atoms with Crippen LogP contribution in [0.3, 0.4) is 0 Å². The second-order valence-electron chi connectivity index (χ2n) is 8.84. The topological polar surface area (TPSA) is 62.0 Å². The van der Waals surface area contributed by atoms with Crippen molar-refractivity contribution in [2.24, 2.45) is 0 Å². The largest absolute Gasteiger partial charge is 0.348 e. The monoisotopic (exact) mass is 476 g/mol. The summed E-state index contributed by atoms with van der Waals surface area (Å²) in [4.78, 5) is 27.4. The molecule has 0 spiro atoms. The standard InChI is InChI=1S/C31H25FN2O2/c32-29-27(15-14-24-6-1-2-9-28(24)29)20-34-31(36)25-7-3-5-23(19-25)17-21-10-12-22(13-11-21)18-26-8-4-16-33-30(26)35/h1-16,19H,17-18,20H2,(H,33,35)(H,34,36). The van der Waals surface area contributed by atoms with Crippen LogP contribution in [0.15, 0.2) is 108 Å². The summed E-state index contributed by atoms with van der Waals surface area (Å²) in [5, 5.41) is 4.22. The van der Waals surface area contributed by atoms with Gasteiger partial charge in [0, 0.05) is 41.2 Å². The van der Waals surface area contributed by atoms with E-state index in [1.807, 2.05) is 72.8 Å². The molecule has 0 atom stereocenters. The highest BCUT2D eigenvalue weighted by molar-refractivity contribution is 5.94. The Bertz CT molecular complexity index is 1590. The van der Waals surface area contributed by atoms with Gasteiger partial charge >= 0.3 is 0 Å². The van der Waals surface area contributed by atoms with Gasteiger partial charge in [-0.25, -0.2) is 4.39 Å². The maximum Gasteiger partial charge on any atom is 0.251 e. The molecule has 1 aromatic heterocycles. The quantitative estimate of drug-likeness (QED) is 0.313. The van der Waals surface area contributed by atoms with Gasteiger partial charge in [-0.2, -0.15) is 0 Å². The van der Waals surface area contributed by atoms with Crippen LogP contribution in [-0.2, 0) is 19.4 Å². The number of carbonyl (C=O) groups excluding carboxylic acids is 1. The normalized spacial score (nSPS) is 10.9. The van der Waals surface area contributed by atoms with Crippen molar-refractivity contribution in [1.29, 1.82) is 0 Å². The van der Waals surface area contributed by atoms with Crippen molar-refractivity contribution in [2.45, 2.75) is 19.4 Å². The molecule has 0 unspecified atom stereocenters. The van der Waals surface area contributed by atoms with E-state index in [9.17, 15) is 14.0 Å². The number of benzene rings is 4. The van der Waals surface area contributed by atoms with Gasteiger partial charge in [-0.1, -0.05) is 78.9 Å². The SMILES string of the molecule is O=C(NCc1ccc2ccccc2c1F)c1cccc(Cc2ccc(Cc3ccc[nH]c3=O)cc2)c1. The van der Waals surface area contributed by atoms with Gasteiger partial charge in [0.1, 0.15) is 5.82 Å². The molecular weight excluding hydrogens is 451 g/mol. The zero-order chi connectivity index (χ0) is 24.9. The van der Waals surface area contributed by atoms with Crippen LogP contribution >= 0.6 is 0 Å². The molecule has 36 heavy (non-hydrogen) atoms. The Morgan fingerprint density at radius 2 is 1.53 bits per heavy atom. The third-order valence-electron chi connectivity index (χ3n) is 6.30. The zero-order valence-electron chi connectivity index (χ0n) is 19.6. The number of pyridine rings is 1. The number of amides is 1. The predicted molar refractivity (Wildman–Crippen MR) is 141 cm³/mol. The fourth-order valence-corrected chi connectivity index (χ4v) is 4.34. The molecule has 4 nitrogen and oxygen atoms in total. The van der Waals surface area contributed by atoms with Gasteiger partial charge in [-0.05, 0) is 46.7 Å². The van der Waals surface area contributed by atoms with E-state index in [2.05, 4.69) is 10.3 Å². The van der Waals surface area contributed by atoms with Gasteiger partial charge in [-0.3, -0.25) is 9.59 Å². The Kier molecular flexibility index (Phi) is 6.72. The van der Waals surface area contributed by atoms with Crippen molar-refractivity contribution in [3.63, 3.8) is 0 Å². The molecule has 0 aliphatic carbocycles. The highest BCUT2D eigenvalue weighted by Gasteiger charge is 2.11. The fourth-order valence-electron chi connectivity index (χ4n) is 4.34. The van der Waals surface area contributed by atoms with Crippen LogP contribution in [0.5, 0.6) is 0 Å². The van der Waals surface area contributed by atoms with Gasteiger partial charge in [0.15, 0.2) is 0 Å². The number of hydrogen-bond donors (Lipinski definition) is 2. The molecule has 5 aromatic rings. The number of halogens is 1. The van der Waals surface area contributed by atoms with Crippen molar-refractivity contribution in [3.8, 4) is 0 Å². The molecule has 0 bridgehead atoms. The molecule has 0 saturated carbocycles. The van der Waals surface area contributed by atoms with Crippen molar-refractivity contribution >= 4 is 16.7 Å². The molecule has 0 radical (unpaired) electrons. The lowest BCUT2D eigenvalue weighted by Gasteiger charge is -2.10. The van der Waals surface area contributed by atoms with Crippen LogP contribution in [0.4, 0.5) is 4.39 Å². The van der Waals surface area contributed by atoms with Crippen LogP contribution in [-0.4, -0.2) is 10.9 Å². The number of rotatable bonds is 7. The first-order valence-electron chi connectivity index (χ1n) is 11.8. The highest BCUT2D eigenvalue weighted by Crippen LogP contribution is 2.21. The van der Waals surface area contributed by atoms with Crippen molar-refractivity contribution in [1.82, 2.24) is 10.3 Å². The minimum atomic E-state index is -0.303. The number of nitrogens with one attached hydrogen (secondary N) is 2. The van der Waals surface area contributed by atoms with Gasteiger partial charge in [0.25, 0.3) is 11.5 Å². The van der Waals surface area contributed by atoms with Gasteiger partial charge < -0.3 is 10.3 Å². The fraction of sp³-hybridized carbons (Fsp3) is 0.0968. The van der Waals surface area contributed by atoms with E-state index in [4.69, 9.17) is 0 Å². The third-order valence-corrected chi connectivity index (χ3v) is 6.30. The minimum Gasteiger partial charge on any atom is -0.348 e. The number of fused-ring (bicyclic) bond motifs is 1. The maximum absolute atomic E-state index is 14.8. The van der Waals surface area contributed by atoms with Gasteiger partial charge in [0.2, 0.25) is 0 Å². The van der Waals surface area contributed by atoms with Crippen LogP contribution in [0.25, 0.3) is 10.8 Å². The first kappa shape index (κ1) is 23.2. The molecule has 178 valence electrons. The second-order valence-corrected chi connectivity index (χ2v) is 8.84. The molecular formula is C31H25FN2O2. The number of carbonyl (C=O) groups is 1. The van der Waals surface area contributed by atoms with Crippen molar-refractivity contribution in [3.05, 3.63) is 153 Å². The molecule has 0 aliphatic rings. The molecule has 0 aliphatic heterocycles. The number of H-pyrrole nitrogens is 1. The number of aromatic nitrogens is 1. The lowest BCUT2D eigenvalue weighted by Crippen LogP contribution is -2.23. The average molecular weight is 477 g/mol. The molecule has 5 rings (SSSR count). The van der Waals surface area contributed by atoms with E-state index in [1.54, 1.807) is 30.5 Å².